The van der Waals surface area contributed by atoms with Crippen molar-refractivity contribution in [3.63, 3.8) is 0 Å². The lowest BCUT2D eigenvalue weighted by Gasteiger charge is -2.14. The van der Waals surface area contributed by atoms with Crippen LogP contribution in [0, 0.1) is 6.92 Å². The first kappa shape index (κ1) is 14.7. The molecule has 0 fully saturated rings. The average molecular weight is 314 g/mol. The summed E-state index contributed by atoms with van der Waals surface area (Å²) >= 11 is 0. The van der Waals surface area contributed by atoms with Crippen molar-refractivity contribution in [3.05, 3.63) is 59.2 Å². The van der Waals surface area contributed by atoms with Gasteiger partial charge < -0.3 is 5.73 Å². The molecule has 0 aromatic heterocycles. The van der Waals surface area contributed by atoms with Crippen LogP contribution in [-0.4, -0.2) is 8.42 Å². The molecule has 0 aliphatic heterocycles. The average Bonchev–Trinajstić information content (AvgIpc) is 2.86. The number of sulfonamides is 1. The Morgan fingerprint density at radius 2 is 1.73 bits per heavy atom. The van der Waals surface area contributed by atoms with Gasteiger partial charge in [0, 0.05) is 5.69 Å². The molecule has 2 aromatic carbocycles. The highest BCUT2D eigenvalue weighted by Crippen LogP contribution is 2.35. The van der Waals surface area contributed by atoms with E-state index in [0.717, 1.165) is 23.1 Å². The maximum atomic E-state index is 12.5. The molecular weight excluding hydrogens is 296 g/mol. The maximum absolute atomic E-state index is 12.5. The van der Waals surface area contributed by atoms with Crippen LogP contribution < -0.4 is 10.5 Å². The lowest BCUT2D eigenvalue weighted by atomic mass is 9.99. The molecule has 0 atom stereocenters. The van der Waals surface area contributed by atoms with Crippen molar-refractivity contribution in [2.24, 2.45) is 0 Å². The quantitative estimate of drug-likeness (QED) is 0.854. The third-order valence-corrected chi connectivity index (χ3v) is 5.34. The molecule has 0 unspecified atom stereocenters. The highest BCUT2D eigenvalue weighted by molar-refractivity contribution is 7.92. The first-order valence-corrected chi connectivity index (χ1v) is 8.55. The number of anilines is 2. The largest absolute Gasteiger partial charge is 0.399 e. The fourth-order valence-electron chi connectivity index (χ4n) is 2.83. The second kappa shape index (κ2) is 5.18. The molecule has 0 amide bonds. The minimum Gasteiger partial charge on any atom is -0.399 e. The SMILES string of the molecule is CC1=CCc2c(NS(=O)(=O)c3ccc(N)cc3)ccc(C)c21. The number of nitrogen functional groups attached to an aromatic ring is 1. The third-order valence-electron chi connectivity index (χ3n) is 3.96. The minimum atomic E-state index is -3.61. The van der Waals surface area contributed by atoms with Crippen LogP contribution in [0.1, 0.15) is 23.6 Å². The maximum Gasteiger partial charge on any atom is 0.261 e. The lowest BCUT2D eigenvalue weighted by Crippen LogP contribution is -2.14. The van der Waals surface area contributed by atoms with Gasteiger partial charge in [0.05, 0.1) is 10.6 Å². The van der Waals surface area contributed by atoms with Crippen molar-refractivity contribution in [2.75, 3.05) is 10.5 Å². The molecule has 0 radical (unpaired) electrons. The van der Waals surface area contributed by atoms with Crippen LogP contribution in [0.2, 0.25) is 0 Å². The number of nitrogens with two attached hydrogens (primary N) is 1. The molecule has 0 spiro atoms. The van der Waals surface area contributed by atoms with Gasteiger partial charge in [0.25, 0.3) is 10.0 Å². The van der Waals surface area contributed by atoms with E-state index in [2.05, 4.69) is 17.7 Å². The highest BCUT2D eigenvalue weighted by Gasteiger charge is 2.21. The van der Waals surface area contributed by atoms with E-state index in [0.29, 0.717) is 11.4 Å². The first-order valence-electron chi connectivity index (χ1n) is 7.06. The van der Waals surface area contributed by atoms with E-state index in [4.69, 9.17) is 5.73 Å². The number of benzene rings is 2. The Labute approximate surface area is 130 Å². The summed E-state index contributed by atoms with van der Waals surface area (Å²) in [5, 5.41) is 0. The summed E-state index contributed by atoms with van der Waals surface area (Å²) in [6.45, 7) is 4.09. The van der Waals surface area contributed by atoms with Crippen LogP contribution in [0.15, 0.2) is 47.4 Å². The van der Waals surface area contributed by atoms with Crippen molar-refractivity contribution in [3.8, 4) is 0 Å². The Hall–Kier alpha value is -2.27. The van der Waals surface area contributed by atoms with Crippen molar-refractivity contribution in [1.29, 1.82) is 0 Å². The zero-order chi connectivity index (χ0) is 15.9. The first-order chi connectivity index (χ1) is 10.4. The molecule has 0 heterocycles. The zero-order valence-electron chi connectivity index (χ0n) is 12.6. The molecule has 22 heavy (non-hydrogen) atoms. The van der Waals surface area contributed by atoms with E-state index in [1.54, 1.807) is 12.1 Å². The van der Waals surface area contributed by atoms with Gasteiger partial charge in [-0.1, -0.05) is 12.1 Å². The molecule has 5 heteroatoms. The summed E-state index contributed by atoms with van der Waals surface area (Å²) in [5.41, 5.74) is 11.3. The van der Waals surface area contributed by atoms with Crippen molar-refractivity contribution < 1.29 is 8.42 Å². The molecule has 0 bridgehead atoms. The van der Waals surface area contributed by atoms with Crippen LogP contribution in [0.3, 0.4) is 0 Å². The van der Waals surface area contributed by atoms with Crippen LogP contribution in [0.4, 0.5) is 11.4 Å². The van der Waals surface area contributed by atoms with Crippen LogP contribution in [0.5, 0.6) is 0 Å². The number of fused-ring (bicyclic) bond motifs is 1. The number of aryl methyl sites for hydroxylation is 1. The normalized spacial score (nSPS) is 13.6. The van der Waals surface area contributed by atoms with Gasteiger partial charge in [0.15, 0.2) is 0 Å². The molecule has 2 aromatic rings. The smallest absolute Gasteiger partial charge is 0.261 e. The van der Waals surface area contributed by atoms with E-state index < -0.39 is 10.0 Å². The van der Waals surface area contributed by atoms with Crippen molar-refractivity contribution >= 4 is 27.0 Å². The summed E-state index contributed by atoms with van der Waals surface area (Å²) < 4.78 is 27.7. The second-order valence-electron chi connectivity index (χ2n) is 5.55. The van der Waals surface area contributed by atoms with Gasteiger partial charge in [-0.05, 0) is 72.9 Å². The Kier molecular flexibility index (Phi) is 3.45. The number of rotatable bonds is 3. The molecular formula is C17H18N2O2S. The molecule has 3 N–H and O–H groups in total. The monoisotopic (exact) mass is 314 g/mol. The zero-order valence-corrected chi connectivity index (χ0v) is 13.4. The second-order valence-corrected chi connectivity index (χ2v) is 7.23. The summed E-state index contributed by atoms with van der Waals surface area (Å²) in [5.74, 6) is 0. The van der Waals surface area contributed by atoms with Gasteiger partial charge >= 0.3 is 0 Å². The molecule has 0 saturated heterocycles. The van der Waals surface area contributed by atoms with Gasteiger partial charge in [-0.15, -0.1) is 0 Å². The molecule has 1 aliphatic rings. The lowest BCUT2D eigenvalue weighted by molar-refractivity contribution is 0.601. The van der Waals surface area contributed by atoms with Crippen molar-refractivity contribution in [1.82, 2.24) is 0 Å². The summed E-state index contributed by atoms with van der Waals surface area (Å²) in [4.78, 5) is 0.207. The van der Waals surface area contributed by atoms with Gasteiger partial charge in [-0.2, -0.15) is 0 Å². The topological polar surface area (TPSA) is 72.2 Å². The number of hydrogen-bond donors (Lipinski definition) is 2. The summed E-state index contributed by atoms with van der Waals surface area (Å²) in [6.07, 6.45) is 2.88. The predicted octanol–water partition coefficient (Wildman–Crippen LogP) is 3.34. The van der Waals surface area contributed by atoms with Gasteiger partial charge in [0.2, 0.25) is 0 Å². The van der Waals surface area contributed by atoms with Gasteiger partial charge in [-0.25, -0.2) is 8.42 Å². The molecule has 1 aliphatic carbocycles. The van der Waals surface area contributed by atoms with E-state index >= 15 is 0 Å². The van der Waals surface area contributed by atoms with E-state index in [1.807, 2.05) is 19.1 Å². The predicted molar refractivity (Wildman–Crippen MR) is 90.2 cm³/mol. The molecule has 114 valence electrons. The van der Waals surface area contributed by atoms with E-state index in [-0.39, 0.29) is 4.90 Å². The molecule has 3 rings (SSSR count). The fourth-order valence-corrected chi connectivity index (χ4v) is 3.92. The Balaban J connectivity index is 1.99. The number of hydrogen-bond acceptors (Lipinski definition) is 3. The molecule has 4 nitrogen and oxygen atoms in total. The van der Waals surface area contributed by atoms with Gasteiger partial charge in [0.1, 0.15) is 0 Å². The highest BCUT2D eigenvalue weighted by atomic mass is 32.2. The Morgan fingerprint density at radius 3 is 2.41 bits per heavy atom. The standard InChI is InChI=1S/C17H18N2O2S/c1-11-3-9-15-16(10-4-12(2)17(11)15)19-22(20,21)14-7-5-13(18)6-8-14/h3-8,10,19H,9,18H2,1-2H3. The Morgan fingerprint density at radius 1 is 1.05 bits per heavy atom. The molecule has 0 saturated carbocycles. The van der Waals surface area contributed by atoms with Crippen molar-refractivity contribution in [2.45, 2.75) is 25.2 Å². The number of allylic oxidation sites excluding steroid dienone is 2. The van der Waals surface area contributed by atoms with E-state index in [9.17, 15) is 8.42 Å². The third kappa shape index (κ3) is 2.48. The van der Waals surface area contributed by atoms with Gasteiger partial charge in [-0.3, -0.25) is 4.72 Å². The number of nitrogens with one attached hydrogen (secondary N) is 1. The Bertz CT molecular complexity index is 866. The summed E-state index contributed by atoms with van der Waals surface area (Å²) in [7, 11) is -3.61. The summed E-state index contributed by atoms with van der Waals surface area (Å²) in [6, 6.07) is 9.96. The van der Waals surface area contributed by atoms with Crippen LogP contribution in [0.25, 0.3) is 5.57 Å². The fraction of sp³-hybridized carbons (Fsp3) is 0.176. The van der Waals surface area contributed by atoms with E-state index in [1.165, 1.54) is 17.7 Å². The minimum absolute atomic E-state index is 0.207. The van der Waals surface area contributed by atoms with Crippen LogP contribution in [-0.2, 0) is 16.4 Å². The van der Waals surface area contributed by atoms with Crippen LogP contribution >= 0.6 is 0 Å².